The molecule has 1 aliphatic rings. The number of ether oxygens (including phenoxy) is 1. The van der Waals surface area contributed by atoms with Gasteiger partial charge in [-0.2, -0.15) is 0 Å². The third-order valence-corrected chi connectivity index (χ3v) is 5.54. The van der Waals surface area contributed by atoms with E-state index >= 15 is 0 Å². The van der Waals surface area contributed by atoms with E-state index in [1.807, 2.05) is 38.1 Å². The van der Waals surface area contributed by atoms with Crippen molar-refractivity contribution < 1.29 is 9.53 Å². The molecule has 1 heterocycles. The highest BCUT2D eigenvalue weighted by molar-refractivity contribution is 6.32. The molecule has 1 atom stereocenters. The van der Waals surface area contributed by atoms with Crippen LogP contribution in [0.15, 0.2) is 36.4 Å². The van der Waals surface area contributed by atoms with Crippen molar-refractivity contribution in [2.24, 2.45) is 0 Å². The minimum atomic E-state index is -0.605. The van der Waals surface area contributed by atoms with Crippen LogP contribution in [0.5, 0.6) is 5.75 Å². The van der Waals surface area contributed by atoms with Gasteiger partial charge in [-0.3, -0.25) is 4.79 Å². The molecule has 4 nitrogen and oxygen atoms in total. The van der Waals surface area contributed by atoms with Crippen molar-refractivity contribution in [3.8, 4) is 5.75 Å². The van der Waals surface area contributed by atoms with E-state index in [2.05, 4.69) is 22.3 Å². The molecule has 1 amide bonds. The largest absolute Gasteiger partial charge is 0.481 e. The average Bonchev–Trinajstić information content (AvgIpc) is 2.67. The third-order valence-electron chi connectivity index (χ3n) is 4.95. The Morgan fingerprint density at radius 3 is 2.26 bits per heavy atom. The molecule has 2 aromatic carbocycles. The van der Waals surface area contributed by atoms with E-state index < -0.39 is 6.10 Å². The second-order valence-corrected chi connectivity index (χ2v) is 7.59. The summed E-state index contributed by atoms with van der Waals surface area (Å²) in [6.07, 6.45) is 3.20. The number of carbonyl (C=O) groups excluding carboxylic acids is 1. The lowest BCUT2D eigenvalue weighted by molar-refractivity contribution is -0.122. The maximum absolute atomic E-state index is 12.5. The molecule has 0 spiro atoms. The molecule has 0 aliphatic carbocycles. The fourth-order valence-corrected chi connectivity index (χ4v) is 3.49. The van der Waals surface area contributed by atoms with Gasteiger partial charge in [-0.1, -0.05) is 11.6 Å². The summed E-state index contributed by atoms with van der Waals surface area (Å²) < 4.78 is 5.80. The van der Waals surface area contributed by atoms with Gasteiger partial charge in [-0.05, 0) is 87.6 Å². The number of nitrogens with one attached hydrogen (secondary N) is 1. The number of halogens is 1. The van der Waals surface area contributed by atoms with Crippen LogP contribution in [0.25, 0.3) is 0 Å². The molecule has 144 valence electrons. The number of anilines is 2. The molecular weight excluding hydrogens is 360 g/mol. The van der Waals surface area contributed by atoms with E-state index in [1.165, 1.54) is 24.9 Å². The molecular formula is C22H27ClN2O2. The number of aryl methyl sites for hydroxylation is 2. The molecule has 0 bridgehead atoms. The summed E-state index contributed by atoms with van der Waals surface area (Å²) in [5.41, 5.74) is 3.86. The third kappa shape index (κ3) is 4.95. The van der Waals surface area contributed by atoms with E-state index in [4.69, 9.17) is 16.3 Å². The van der Waals surface area contributed by atoms with Crippen LogP contribution < -0.4 is 15.0 Å². The van der Waals surface area contributed by atoms with E-state index in [0.717, 1.165) is 34.9 Å². The van der Waals surface area contributed by atoms with Crippen LogP contribution >= 0.6 is 11.6 Å². The second-order valence-electron chi connectivity index (χ2n) is 7.21. The number of hydrogen-bond acceptors (Lipinski definition) is 3. The lowest BCUT2D eigenvalue weighted by Crippen LogP contribution is -2.30. The summed E-state index contributed by atoms with van der Waals surface area (Å²) in [5, 5.41) is 3.65. The summed E-state index contributed by atoms with van der Waals surface area (Å²) in [7, 11) is 0. The second kappa shape index (κ2) is 8.66. The normalized spacial score (nSPS) is 15.3. The standard InChI is InChI=1S/C22H27ClN2O2/c1-15-13-20(14-16(2)21(15)23)27-17(3)22(26)24-18-7-9-19(10-8-18)25-11-5-4-6-12-25/h7-10,13-14,17H,4-6,11-12H2,1-3H3,(H,24,26). The van der Waals surface area contributed by atoms with Crippen molar-refractivity contribution in [3.63, 3.8) is 0 Å². The Kier molecular flexibility index (Phi) is 6.27. The minimum Gasteiger partial charge on any atom is -0.481 e. The van der Waals surface area contributed by atoms with Crippen molar-refractivity contribution in [3.05, 3.63) is 52.5 Å². The summed E-state index contributed by atoms with van der Waals surface area (Å²) in [6.45, 7) is 7.82. The first-order valence-corrected chi connectivity index (χ1v) is 9.91. The summed E-state index contributed by atoms with van der Waals surface area (Å²) in [5.74, 6) is 0.475. The van der Waals surface area contributed by atoms with E-state index in [1.54, 1.807) is 6.92 Å². The highest BCUT2D eigenvalue weighted by Gasteiger charge is 2.16. The molecule has 1 unspecified atom stereocenters. The molecule has 1 N–H and O–H groups in total. The van der Waals surface area contributed by atoms with Crippen LogP contribution in [0.2, 0.25) is 5.02 Å². The summed E-state index contributed by atoms with van der Waals surface area (Å²) in [4.78, 5) is 14.9. The highest BCUT2D eigenvalue weighted by Crippen LogP contribution is 2.27. The molecule has 27 heavy (non-hydrogen) atoms. The maximum Gasteiger partial charge on any atom is 0.265 e. The number of rotatable bonds is 5. The van der Waals surface area contributed by atoms with Gasteiger partial charge in [-0.25, -0.2) is 0 Å². The van der Waals surface area contributed by atoms with E-state index in [-0.39, 0.29) is 5.91 Å². The van der Waals surface area contributed by atoms with Crippen molar-refractivity contribution >= 4 is 28.9 Å². The molecule has 5 heteroatoms. The molecule has 1 fully saturated rings. The SMILES string of the molecule is Cc1cc(OC(C)C(=O)Nc2ccc(N3CCCCC3)cc2)cc(C)c1Cl. The molecule has 1 aliphatic heterocycles. The van der Waals surface area contributed by atoms with Crippen LogP contribution in [0.4, 0.5) is 11.4 Å². The highest BCUT2D eigenvalue weighted by atomic mass is 35.5. The quantitative estimate of drug-likeness (QED) is 0.752. The smallest absolute Gasteiger partial charge is 0.265 e. The van der Waals surface area contributed by atoms with Gasteiger partial charge in [-0.15, -0.1) is 0 Å². The zero-order chi connectivity index (χ0) is 19.4. The van der Waals surface area contributed by atoms with Gasteiger partial charge in [0.05, 0.1) is 0 Å². The average molecular weight is 387 g/mol. The van der Waals surface area contributed by atoms with Gasteiger partial charge in [0.1, 0.15) is 5.75 Å². The van der Waals surface area contributed by atoms with Crippen molar-refractivity contribution in [2.75, 3.05) is 23.3 Å². The topological polar surface area (TPSA) is 41.6 Å². The predicted molar refractivity (Wildman–Crippen MR) is 112 cm³/mol. The number of nitrogens with zero attached hydrogens (tertiary/aromatic N) is 1. The first-order chi connectivity index (χ1) is 12.9. The maximum atomic E-state index is 12.5. The Balaban J connectivity index is 1.59. The van der Waals surface area contributed by atoms with Crippen LogP contribution in [-0.4, -0.2) is 25.1 Å². The molecule has 0 saturated carbocycles. The lowest BCUT2D eigenvalue weighted by Gasteiger charge is -2.28. The number of carbonyl (C=O) groups is 1. The van der Waals surface area contributed by atoms with Gasteiger partial charge in [0.25, 0.3) is 5.91 Å². The van der Waals surface area contributed by atoms with Crippen LogP contribution in [0.3, 0.4) is 0 Å². The number of piperidine rings is 1. The molecule has 0 radical (unpaired) electrons. The fraction of sp³-hybridized carbons (Fsp3) is 0.409. The Hall–Kier alpha value is -2.20. The van der Waals surface area contributed by atoms with Crippen molar-refractivity contribution in [1.29, 1.82) is 0 Å². The van der Waals surface area contributed by atoms with Crippen molar-refractivity contribution in [1.82, 2.24) is 0 Å². The van der Waals surface area contributed by atoms with Crippen LogP contribution in [-0.2, 0) is 4.79 Å². The molecule has 1 saturated heterocycles. The van der Waals surface area contributed by atoms with Gasteiger partial charge in [0, 0.05) is 29.5 Å². The van der Waals surface area contributed by atoms with Crippen LogP contribution in [0, 0.1) is 13.8 Å². The minimum absolute atomic E-state index is 0.175. The molecule has 3 rings (SSSR count). The van der Waals surface area contributed by atoms with Crippen molar-refractivity contribution in [2.45, 2.75) is 46.1 Å². The van der Waals surface area contributed by atoms with E-state index in [9.17, 15) is 4.79 Å². The molecule has 0 aromatic heterocycles. The Morgan fingerprint density at radius 2 is 1.67 bits per heavy atom. The van der Waals surface area contributed by atoms with E-state index in [0.29, 0.717) is 5.75 Å². The number of amides is 1. The number of hydrogen-bond donors (Lipinski definition) is 1. The summed E-state index contributed by atoms with van der Waals surface area (Å²) in [6, 6.07) is 11.7. The Morgan fingerprint density at radius 1 is 1.07 bits per heavy atom. The van der Waals surface area contributed by atoms with Gasteiger partial charge >= 0.3 is 0 Å². The zero-order valence-corrected chi connectivity index (χ0v) is 17.0. The fourth-order valence-electron chi connectivity index (χ4n) is 3.38. The van der Waals surface area contributed by atoms with Crippen LogP contribution in [0.1, 0.15) is 37.3 Å². The van der Waals surface area contributed by atoms with Gasteiger partial charge in [0.2, 0.25) is 0 Å². The van der Waals surface area contributed by atoms with Gasteiger partial charge in [0.15, 0.2) is 6.10 Å². The van der Waals surface area contributed by atoms with Gasteiger partial charge < -0.3 is 15.0 Å². The first-order valence-electron chi connectivity index (χ1n) is 9.53. The predicted octanol–water partition coefficient (Wildman–Crippen LogP) is 5.35. The Labute approximate surface area is 166 Å². The Bertz CT molecular complexity index is 775. The number of benzene rings is 2. The lowest BCUT2D eigenvalue weighted by atomic mass is 10.1. The monoisotopic (exact) mass is 386 g/mol. The molecule has 2 aromatic rings. The first kappa shape index (κ1) is 19.6. The zero-order valence-electron chi connectivity index (χ0n) is 16.2. The summed E-state index contributed by atoms with van der Waals surface area (Å²) >= 11 is 6.19.